The lowest BCUT2D eigenvalue weighted by atomic mass is 9.79. The van der Waals surface area contributed by atoms with E-state index < -0.39 is 0 Å². The highest BCUT2D eigenvalue weighted by molar-refractivity contribution is 6.09. The molecule has 1 heterocycles. The van der Waals surface area contributed by atoms with E-state index in [0.29, 0.717) is 0 Å². The van der Waals surface area contributed by atoms with Crippen LogP contribution in [-0.4, -0.2) is 4.57 Å². The van der Waals surface area contributed by atoms with Crippen LogP contribution in [0.25, 0.3) is 27.5 Å². The summed E-state index contributed by atoms with van der Waals surface area (Å²) < 4.78 is 2.46. The van der Waals surface area contributed by atoms with Crippen molar-refractivity contribution in [3.63, 3.8) is 0 Å². The quantitative estimate of drug-likeness (QED) is 0.424. The van der Waals surface area contributed by atoms with Gasteiger partial charge in [-0.2, -0.15) is 0 Å². The van der Waals surface area contributed by atoms with Gasteiger partial charge in [-0.1, -0.05) is 61.0 Å². The average Bonchev–Trinajstić information content (AvgIpc) is 2.89. The highest BCUT2D eigenvalue weighted by Crippen LogP contribution is 2.41. The molecule has 112 valence electrons. The predicted molar refractivity (Wildman–Crippen MR) is 97.4 cm³/mol. The van der Waals surface area contributed by atoms with E-state index in [0.717, 1.165) is 5.92 Å². The zero-order valence-electron chi connectivity index (χ0n) is 13.1. The maximum atomic E-state index is 2.46. The fourth-order valence-electron chi connectivity index (χ4n) is 3.94. The van der Waals surface area contributed by atoms with E-state index in [1.807, 2.05) is 0 Å². The van der Waals surface area contributed by atoms with Crippen molar-refractivity contribution in [2.24, 2.45) is 0 Å². The van der Waals surface area contributed by atoms with E-state index in [9.17, 15) is 0 Å². The highest BCUT2D eigenvalue weighted by atomic mass is 15.0. The Morgan fingerprint density at radius 2 is 1.22 bits per heavy atom. The molecule has 4 aromatic rings. The van der Waals surface area contributed by atoms with E-state index in [1.54, 1.807) is 0 Å². The second-order valence-corrected chi connectivity index (χ2v) is 6.56. The summed E-state index contributed by atoms with van der Waals surface area (Å²) in [6, 6.07) is 26.5. The van der Waals surface area contributed by atoms with Crippen LogP contribution in [0.2, 0.25) is 0 Å². The van der Waals surface area contributed by atoms with Gasteiger partial charge in [0.2, 0.25) is 0 Å². The number of hydrogen-bond donors (Lipinski definition) is 0. The van der Waals surface area contributed by atoms with Gasteiger partial charge in [0.05, 0.1) is 11.0 Å². The summed E-state index contributed by atoms with van der Waals surface area (Å²) in [5, 5.41) is 2.68. The monoisotopic (exact) mass is 297 g/mol. The summed E-state index contributed by atoms with van der Waals surface area (Å²) in [6.45, 7) is 0. The van der Waals surface area contributed by atoms with Gasteiger partial charge in [0.15, 0.2) is 0 Å². The number of nitrogens with zero attached hydrogens (tertiary/aromatic N) is 1. The van der Waals surface area contributed by atoms with Crippen molar-refractivity contribution in [3.8, 4) is 5.69 Å². The van der Waals surface area contributed by atoms with Crippen molar-refractivity contribution in [1.29, 1.82) is 0 Å². The summed E-state index contributed by atoms with van der Waals surface area (Å²) in [5.74, 6) is 0.728. The van der Waals surface area contributed by atoms with Crippen LogP contribution in [-0.2, 0) is 0 Å². The Morgan fingerprint density at radius 3 is 1.83 bits per heavy atom. The van der Waals surface area contributed by atoms with Gasteiger partial charge in [-0.15, -0.1) is 0 Å². The maximum absolute atomic E-state index is 2.46. The van der Waals surface area contributed by atoms with E-state index in [4.69, 9.17) is 0 Å². The Bertz CT molecular complexity index is 952. The fourth-order valence-corrected chi connectivity index (χ4v) is 3.94. The van der Waals surface area contributed by atoms with Gasteiger partial charge >= 0.3 is 0 Å². The van der Waals surface area contributed by atoms with Crippen LogP contribution in [0.1, 0.15) is 30.7 Å². The van der Waals surface area contributed by atoms with Gasteiger partial charge in [-0.3, -0.25) is 0 Å². The zero-order valence-corrected chi connectivity index (χ0v) is 13.1. The molecule has 0 radical (unpaired) electrons. The van der Waals surface area contributed by atoms with Crippen LogP contribution < -0.4 is 0 Å². The third-order valence-electron chi connectivity index (χ3n) is 5.30. The molecule has 0 bridgehead atoms. The Morgan fingerprint density at radius 1 is 0.652 bits per heavy atom. The molecule has 1 fully saturated rings. The van der Waals surface area contributed by atoms with Crippen molar-refractivity contribution in [2.45, 2.75) is 25.2 Å². The number of rotatable bonds is 2. The van der Waals surface area contributed by atoms with Gasteiger partial charge in [0, 0.05) is 16.5 Å². The van der Waals surface area contributed by atoms with E-state index in [-0.39, 0.29) is 0 Å². The molecular weight excluding hydrogens is 278 g/mol. The summed E-state index contributed by atoms with van der Waals surface area (Å²) in [5.41, 5.74) is 5.47. The Hall–Kier alpha value is -2.54. The van der Waals surface area contributed by atoms with Crippen LogP contribution in [0, 0.1) is 0 Å². The lowest BCUT2D eigenvalue weighted by Gasteiger charge is -2.28. The van der Waals surface area contributed by atoms with Gasteiger partial charge in [-0.25, -0.2) is 0 Å². The molecule has 1 saturated carbocycles. The first-order chi connectivity index (χ1) is 11.4. The molecule has 0 atom stereocenters. The summed E-state index contributed by atoms with van der Waals surface area (Å²) in [6.07, 6.45) is 4.02. The first-order valence-corrected chi connectivity index (χ1v) is 8.51. The number of benzene rings is 3. The standard InChI is InChI=1S/C22H19N/c1-4-13-20(17(10-1)16-8-7-9-16)23-21-14-5-2-11-18(21)19-12-3-6-15-22(19)23/h1-6,10-16H,7-9H2. The molecule has 1 heteroatoms. The van der Waals surface area contributed by atoms with Gasteiger partial charge in [0.25, 0.3) is 0 Å². The van der Waals surface area contributed by atoms with Crippen LogP contribution in [0.5, 0.6) is 0 Å². The zero-order chi connectivity index (χ0) is 15.2. The van der Waals surface area contributed by atoms with Gasteiger partial charge < -0.3 is 4.57 Å². The van der Waals surface area contributed by atoms with Gasteiger partial charge in [-0.05, 0) is 42.5 Å². The van der Waals surface area contributed by atoms with Crippen molar-refractivity contribution in [1.82, 2.24) is 4.57 Å². The molecule has 0 amide bonds. The third kappa shape index (κ3) is 1.86. The minimum absolute atomic E-state index is 0.728. The van der Waals surface area contributed by atoms with E-state index >= 15 is 0 Å². The molecule has 23 heavy (non-hydrogen) atoms. The fraction of sp³-hybridized carbons (Fsp3) is 0.182. The molecule has 1 aliphatic carbocycles. The molecule has 5 rings (SSSR count). The smallest absolute Gasteiger partial charge is 0.0541 e. The minimum Gasteiger partial charge on any atom is -0.309 e. The summed E-state index contributed by atoms with van der Waals surface area (Å²) >= 11 is 0. The van der Waals surface area contributed by atoms with Crippen LogP contribution in [0.15, 0.2) is 72.8 Å². The van der Waals surface area contributed by atoms with Crippen molar-refractivity contribution < 1.29 is 0 Å². The van der Waals surface area contributed by atoms with Crippen molar-refractivity contribution in [2.75, 3.05) is 0 Å². The topological polar surface area (TPSA) is 4.93 Å². The largest absolute Gasteiger partial charge is 0.309 e. The predicted octanol–water partition coefficient (Wildman–Crippen LogP) is 6.05. The van der Waals surface area contributed by atoms with Crippen molar-refractivity contribution in [3.05, 3.63) is 78.4 Å². The van der Waals surface area contributed by atoms with Crippen molar-refractivity contribution >= 4 is 21.8 Å². The summed E-state index contributed by atoms with van der Waals surface area (Å²) in [4.78, 5) is 0. The molecule has 1 aliphatic rings. The first kappa shape index (κ1) is 13.0. The molecule has 0 spiro atoms. The second-order valence-electron chi connectivity index (χ2n) is 6.56. The number of aromatic nitrogens is 1. The highest BCUT2D eigenvalue weighted by Gasteiger charge is 2.23. The molecule has 0 N–H and O–H groups in total. The molecule has 1 nitrogen and oxygen atoms in total. The average molecular weight is 297 g/mol. The molecule has 0 aliphatic heterocycles. The third-order valence-corrected chi connectivity index (χ3v) is 5.30. The normalized spacial score (nSPS) is 15.1. The number of hydrogen-bond acceptors (Lipinski definition) is 0. The Labute approximate surface area is 136 Å². The molecule has 1 aromatic heterocycles. The Kier molecular flexibility index (Phi) is 2.81. The Balaban J connectivity index is 1.90. The summed E-state index contributed by atoms with van der Waals surface area (Å²) in [7, 11) is 0. The molecule has 0 unspecified atom stereocenters. The molecular formula is C22H19N. The SMILES string of the molecule is c1ccc(-n2c3ccccc3c3ccccc32)c(C2CCC2)c1. The molecule has 0 saturated heterocycles. The van der Waals surface area contributed by atoms with Gasteiger partial charge in [0.1, 0.15) is 0 Å². The first-order valence-electron chi connectivity index (χ1n) is 8.51. The van der Waals surface area contributed by atoms with Crippen LogP contribution in [0.4, 0.5) is 0 Å². The minimum atomic E-state index is 0.728. The van der Waals surface area contributed by atoms with Crippen LogP contribution >= 0.6 is 0 Å². The van der Waals surface area contributed by atoms with E-state index in [2.05, 4.69) is 77.4 Å². The lowest BCUT2D eigenvalue weighted by molar-refractivity contribution is 0.419. The second kappa shape index (κ2) is 4.99. The lowest BCUT2D eigenvalue weighted by Crippen LogP contribution is -2.12. The maximum Gasteiger partial charge on any atom is 0.0541 e. The van der Waals surface area contributed by atoms with Crippen LogP contribution in [0.3, 0.4) is 0 Å². The number of para-hydroxylation sites is 3. The number of fused-ring (bicyclic) bond motifs is 3. The molecule has 3 aromatic carbocycles. The van der Waals surface area contributed by atoms with E-state index in [1.165, 1.54) is 52.3 Å².